The number of nitrogens with one attached hydrogen (secondary N) is 2. The van der Waals surface area contributed by atoms with Crippen LogP contribution in [-0.2, 0) is 11.3 Å². The Morgan fingerprint density at radius 2 is 1.97 bits per heavy atom. The molecule has 0 spiro atoms. The normalized spacial score (nSPS) is 11.6. The summed E-state index contributed by atoms with van der Waals surface area (Å²) in [5.74, 6) is -2.52. The number of amides is 2. The van der Waals surface area contributed by atoms with Crippen LogP contribution in [0, 0.1) is 11.6 Å². The summed E-state index contributed by atoms with van der Waals surface area (Å²) in [6.45, 7) is 3.52. The molecule has 1 heterocycles. The summed E-state index contributed by atoms with van der Waals surface area (Å²) in [6, 6.07) is 9.35. The maximum atomic E-state index is 14.0. The number of nitrogens with zero attached hydrogens (tertiary/aromatic N) is 3. The molecule has 8 nitrogen and oxygen atoms in total. The van der Waals surface area contributed by atoms with Gasteiger partial charge in [-0.05, 0) is 34.1 Å². The quantitative estimate of drug-likeness (QED) is 0.262. The molecule has 3 rings (SSSR count). The van der Waals surface area contributed by atoms with Gasteiger partial charge in [-0.2, -0.15) is 0 Å². The first-order valence-corrected chi connectivity index (χ1v) is 11.7. The van der Waals surface area contributed by atoms with E-state index in [0.717, 1.165) is 17.8 Å². The summed E-state index contributed by atoms with van der Waals surface area (Å²) in [7, 11) is 0. The maximum Gasteiger partial charge on any atom is 0.251 e. The summed E-state index contributed by atoms with van der Waals surface area (Å²) < 4.78 is 28.9. The molecule has 3 aromatic rings. The summed E-state index contributed by atoms with van der Waals surface area (Å²) >= 11 is 4.04. The van der Waals surface area contributed by atoms with Crippen molar-refractivity contribution >= 4 is 45.2 Å². The number of aliphatic hydroxyl groups excluding tert-OH is 1. The number of aliphatic hydroxyl groups is 1. The number of carbonyl (C=O) groups excluding carboxylic acids is 2. The first-order chi connectivity index (χ1) is 16.3. The van der Waals surface area contributed by atoms with Gasteiger partial charge in [0, 0.05) is 22.6 Å². The smallest absolute Gasteiger partial charge is 0.251 e. The summed E-state index contributed by atoms with van der Waals surface area (Å²) in [4.78, 5) is 24.9. The molecule has 0 aliphatic carbocycles. The van der Waals surface area contributed by atoms with E-state index >= 15 is 0 Å². The van der Waals surface area contributed by atoms with E-state index in [1.807, 2.05) is 0 Å². The highest BCUT2D eigenvalue weighted by atomic mass is 79.9. The van der Waals surface area contributed by atoms with Crippen molar-refractivity contribution in [3.05, 3.63) is 82.6 Å². The van der Waals surface area contributed by atoms with Crippen LogP contribution in [0.5, 0.6) is 0 Å². The van der Waals surface area contributed by atoms with Crippen molar-refractivity contribution < 1.29 is 23.5 Å². The number of allylic oxidation sites excluding steroid dienone is 1. The number of carbonyl (C=O) groups is 2. The van der Waals surface area contributed by atoms with Crippen LogP contribution in [0.3, 0.4) is 0 Å². The lowest BCUT2D eigenvalue weighted by molar-refractivity contribution is -0.113. The molecule has 0 saturated carbocycles. The molecule has 0 aliphatic heterocycles. The van der Waals surface area contributed by atoms with Crippen LogP contribution in [0.2, 0.25) is 0 Å². The van der Waals surface area contributed by atoms with Crippen LogP contribution in [-0.4, -0.2) is 44.0 Å². The number of hydrogen-bond donors (Lipinski definition) is 3. The predicted octanol–water partition coefficient (Wildman–Crippen LogP) is 3.70. The molecule has 3 N–H and O–H groups in total. The van der Waals surface area contributed by atoms with Gasteiger partial charge >= 0.3 is 0 Å². The second kappa shape index (κ2) is 11.9. The third-order valence-electron chi connectivity index (χ3n) is 4.50. The summed E-state index contributed by atoms with van der Waals surface area (Å²) in [6.07, 6.45) is 1.58. The van der Waals surface area contributed by atoms with Crippen molar-refractivity contribution in [1.82, 2.24) is 20.1 Å². The molecule has 1 aromatic heterocycles. The standard InChI is InChI=1S/C22H20BrF2N5O3S/c1-2-8-30-20(17(11-31)26-21(33)13-6-4-3-5-7-13)28-29-22(30)34-12-18(32)27-19-15(23)9-14(24)10-16(19)25/h2-7,9-10,17,31H,1,8,11-12H2,(H,26,33)(H,27,32). The van der Waals surface area contributed by atoms with Crippen LogP contribution < -0.4 is 10.6 Å². The maximum absolute atomic E-state index is 14.0. The Kier molecular flexibility index (Phi) is 8.91. The summed E-state index contributed by atoms with van der Waals surface area (Å²) in [5.41, 5.74) is 0.241. The zero-order valence-corrected chi connectivity index (χ0v) is 20.1. The average molecular weight is 552 g/mol. The topological polar surface area (TPSA) is 109 Å². The van der Waals surface area contributed by atoms with Gasteiger partial charge < -0.3 is 20.3 Å². The third kappa shape index (κ3) is 6.27. The second-order valence-corrected chi connectivity index (χ2v) is 8.69. The lowest BCUT2D eigenvalue weighted by Crippen LogP contribution is -2.33. The largest absolute Gasteiger partial charge is 0.394 e. The van der Waals surface area contributed by atoms with Crippen LogP contribution >= 0.6 is 27.7 Å². The number of hydrogen-bond acceptors (Lipinski definition) is 6. The Morgan fingerprint density at radius 1 is 1.24 bits per heavy atom. The first-order valence-electron chi connectivity index (χ1n) is 9.92. The van der Waals surface area contributed by atoms with Crippen molar-refractivity contribution in [2.45, 2.75) is 17.7 Å². The van der Waals surface area contributed by atoms with Crippen LogP contribution in [0.15, 0.2) is 64.7 Å². The van der Waals surface area contributed by atoms with E-state index in [2.05, 4.69) is 43.3 Å². The Hall–Kier alpha value is -3.09. The van der Waals surface area contributed by atoms with E-state index in [4.69, 9.17) is 0 Å². The Labute approximate surface area is 206 Å². The highest BCUT2D eigenvalue weighted by Crippen LogP contribution is 2.27. The van der Waals surface area contributed by atoms with E-state index in [1.54, 1.807) is 41.0 Å². The van der Waals surface area contributed by atoms with Crippen LogP contribution in [0.25, 0.3) is 0 Å². The molecule has 1 unspecified atom stereocenters. The zero-order chi connectivity index (χ0) is 24.7. The van der Waals surface area contributed by atoms with Gasteiger partial charge in [0.05, 0.1) is 18.0 Å². The van der Waals surface area contributed by atoms with Gasteiger partial charge in [-0.15, -0.1) is 16.8 Å². The number of anilines is 1. The van der Waals surface area contributed by atoms with Gasteiger partial charge in [0.1, 0.15) is 11.9 Å². The van der Waals surface area contributed by atoms with Crippen molar-refractivity contribution in [2.24, 2.45) is 0 Å². The first kappa shape index (κ1) is 25.5. The average Bonchev–Trinajstić information content (AvgIpc) is 3.21. The molecule has 34 heavy (non-hydrogen) atoms. The predicted molar refractivity (Wildman–Crippen MR) is 127 cm³/mol. The van der Waals surface area contributed by atoms with E-state index in [-0.39, 0.29) is 28.3 Å². The van der Waals surface area contributed by atoms with Crippen molar-refractivity contribution in [1.29, 1.82) is 0 Å². The van der Waals surface area contributed by atoms with Gasteiger partial charge in [0.15, 0.2) is 16.8 Å². The lowest BCUT2D eigenvalue weighted by atomic mass is 10.2. The fourth-order valence-corrected chi connectivity index (χ4v) is 4.22. The molecule has 1 atom stereocenters. The molecule has 2 aromatic carbocycles. The van der Waals surface area contributed by atoms with Crippen LogP contribution in [0.4, 0.5) is 14.5 Å². The van der Waals surface area contributed by atoms with Gasteiger partial charge in [0.25, 0.3) is 5.91 Å². The fourth-order valence-electron chi connectivity index (χ4n) is 2.96. The van der Waals surface area contributed by atoms with E-state index in [1.165, 1.54) is 0 Å². The minimum atomic E-state index is -0.915. The monoisotopic (exact) mass is 551 g/mol. The Bertz CT molecular complexity index is 1170. The lowest BCUT2D eigenvalue weighted by Gasteiger charge is -2.17. The van der Waals surface area contributed by atoms with Crippen molar-refractivity contribution in [3.8, 4) is 0 Å². The summed E-state index contributed by atoms with van der Waals surface area (Å²) in [5, 5.41) is 23.4. The molecule has 0 fully saturated rings. The molecular weight excluding hydrogens is 532 g/mol. The van der Waals surface area contributed by atoms with Crippen molar-refractivity contribution in [2.75, 3.05) is 17.7 Å². The Morgan fingerprint density at radius 3 is 2.62 bits per heavy atom. The van der Waals surface area contributed by atoms with Gasteiger partial charge in [-0.25, -0.2) is 8.78 Å². The number of aromatic nitrogens is 3. The van der Waals surface area contributed by atoms with Gasteiger partial charge in [-0.3, -0.25) is 9.59 Å². The molecule has 0 bridgehead atoms. The Balaban J connectivity index is 1.72. The van der Waals surface area contributed by atoms with E-state index in [0.29, 0.717) is 16.8 Å². The molecule has 12 heteroatoms. The molecule has 0 radical (unpaired) electrons. The van der Waals surface area contributed by atoms with Crippen LogP contribution in [0.1, 0.15) is 22.2 Å². The third-order valence-corrected chi connectivity index (χ3v) is 6.09. The minimum absolute atomic E-state index is 0.0698. The molecule has 178 valence electrons. The van der Waals surface area contributed by atoms with E-state index < -0.39 is 36.1 Å². The van der Waals surface area contributed by atoms with E-state index in [9.17, 15) is 23.5 Å². The fraction of sp³-hybridized carbons (Fsp3) is 0.182. The number of rotatable bonds is 10. The highest BCUT2D eigenvalue weighted by Gasteiger charge is 2.23. The van der Waals surface area contributed by atoms with Crippen molar-refractivity contribution in [3.63, 3.8) is 0 Å². The SMILES string of the molecule is C=CCn1c(SCC(=O)Nc2c(F)cc(F)cc2Br)nnc1C(CO)NC(=O)c1ccccc1. The zero-order valence-electron chi connectivity index (χ0n) is 17.7. The number of benzene rings is 2. The van der Waals surface area contributed by atoms with Gasteiger partial charge in [-0.1, -0.05) is 36.0 Å². The molecular formula is C22H20BrF2N5O3S. The van der Waals surface area contributed by atoms with Gasteiger partial charge in [0.2, 0.25) is 5.91 Å². The molecule has 0 saturated heterocycles. The highest BCUT2D eigenvalue weighted by molar-refractivity contribution is 9.10. The number of halogens is 3. The second-order valence-electron chi connectivity index (χ2n) is 6.90. The minimum Gasteiger partial charge on any atom is -0.394 e. The molecule has 2 amide bonds. The molecule has 0 aliphatic rings. The number of thioether (sulfide) groups is 1.